The van der Waals surface area contributed by atoms with Gasteiger partial charge < -0.3 is 5.11 Å². The monoisotopic (exact) mass is 232 g/mol. The molecule has 0 saturated carbocycles. The summed E-state index contributed by atoms with van der Waals surface area (Å²) in [4.78, 5) is 1.23. The predicted octanol–water partition coefficient (Wildman–Crippen LogP) is 3.76. The molecule has 1 N–H and O–H groups in total. The van der Waals surface area contributed by atoms with Gasteiger partial charge in [0.25, 0.3) is 0 Å². The van der Waals surface area contributed by atoms with Crippen molar-refractivity contribution < 1.29 is 5.11 Å². The standard InChI is InChI=1S/C14H16OS/c1-9-4-10(2)6-12(5-9)14(15)13-7-11(3)16-8-13/h4-8,14-15H,1-3H3. The van der Waals surface area contributed by atoms with E-state index in [-0.39, 0.29) is 0 Å². The summed E-state index contributed by atoms with van der Waals surface area (Å²) in [7, 11) is 0. The van der Waals surface area contributed by atoms with E-state index in [0.29, 0.717) is 0 Å². The fraction of sp³-hybridized carbons (Fsp3) is 0.286. The first-order valence-electron chi connectivity index (χ1n) is 5.37. The van der Waals surface area contributed by atoms with Crippen molar-refractivity contribution in [3.05, 3.63) is 56.8 Å². The molecule has 0 fully saturated rings. The van der Waals surface area contributed by atoms with Gasteiger partial charge in [-0.05, 0) is 43.3 Å². The maximum absolute atomic E-state index is 10.3. The van der Waals surface area contributed by atoms with Crippen LogP contribution in [0, 0.1) is 20.8 Å². The van der Waals surface area contributed by atoms with E-state index < -0.39 is 6.10 Å². The van der Waals surface area contributed by atoms with Crippen LogP contribution in [0.3, 0.4) is 0 Å². The summed E-state index contributed by atoms with van der Waals surface area (Å²) in [6.45, 7) is 6.17. The lowest BCUT2D eigenvalue weighted by molar-refractivity contribution is 0.220. The molecule has 84 valence electrons. The molecule has 1 nitrogen and oxygen atoms in total. The molecule has 0 aliphatic rings. The Hall–Kier alpha value is -1.12. The largest absolute Gasteiger partial charge is 0.384 e. The molecule has 0 aliphatic heterocycles. The first-order chi connectivity index (χ1) is 7.56. The highest BCUT2D eigenvalue weighted by Crippen LogP contribution is 2.27. The Morgan fingerprint density at radius 1 is 0.938 bits per heavy atom. The molecule has 2 rings (SSSR count). The lowest BCUT2D eigenvalue weighted by atomic mass is 10.00. The van der Waals surface area contributed by atoms with Gasteiger partial charge in [0.2, 0.25) is 0 Å². The molecule has 2 heteroatoms. The average Bonchev–Trinajstić information content (AvgIpc) is 2.62. The maximum atomic E-state index is 10.3. The van der Waals surface area contributed by atoms with Gasteiger partial charge in [-0.3, -0.25) is 0 Å². The average molecular weight is 232 g/mol. The van der Waals surface area contributed by atoms with Gasteiger partial charge in [0.15, 0.2) is 0 Å². The molecule has 0 bridgehead atoms. The van der Waals surface area contributed by atoms with Crippen LogP contribution in [0.2, 0.25) is 0 Å². The van der Waals surface area contributed by atoms with Crippen molar-refractivity contribution in [2.24, 2.45) is 0 Å². The summed E-state index contributed by atoms with van der Waals surface area (Å²) in [5.41, 5.74) is 4.37. The Morgan fingerprint density at radius 2 is 1.56 bits per heavy atom. The maximum Gasteiger partial charge on any atom is 0.105 e. The summed E-state index contributed by atoms with van der Waals surface area (Å²) in [5.74, 6) is 0. The summed E-state index contributed by atoms with van der Waals surface area (Å²) in [6.07, 6.45) is -0.497. The molecule has 2 aromatic rings. The minimum atomic E-state index is -0.497. The van der Waals surface area contributed by atoms with Crippen molar-refractivity contribution in [2.75, 3.05) is 0 Å². The highest BCUT2D eigenvalue weighted by molar-refractivity contribution is 7.10. The summed E-state index contributed by atoms with van der Waals surface area (Å²) >= 11 is 1.68. The zero-order valence-electron chi connectivity index (χ0n) is 9.82. The Kier molecular flexibility index (Phi) is 3.13. The fourth-order valence-corrected chi connectivity index (χ4v) is 2.69. The van der Waals surface area contributed by atoms with E-state index in [9.17, 15) is 5.11 Å². The quantitative estimate of drug-likeness (QED) is 0.836. The van der Waals surface area contributed by atoms with Crippen LogP contribution >= 0.6 is 11.3 Å². The van der Waals surface area contributed by atoms with Crippen LogP contribution < -0.4 is 0 Å². The van der Waals surface area contributed by atoms with E-state index in [1.165, 1.54) is 16.0 Å². The summed E-state index contributed by atoms with van der Waals surface area (Å²) in [5, 5.41) is 12.3. The molecule has 0 radical (unpaired) electrons. The minimum Gasteiger partial charge on any atom is -0.384 e. The molecule has 16 heavy (non-hydrogen) atoms. The lowest BCUT2D eigenvalue weighted by Gasteiger charge is -2.11. The molecular formula is C14H16OS. The minimum absolute atomic E-state index is 0.497. The first-order valence-corrected chi connectivity index (χ1v) is 6.25. The zero-order chi connectivity index (χ0) is 11.7. The van der Waals surface area contributed by atoms with E-state index in [0.717, 1.165) is 11.1 Å². The fourth-order valence-electron chi connectivity index (χ4n) is 1.97. The highest BCUT2D eigenvalue weighted by Gasteiger charge is 2.12. The number of aliphatic hydroxyl groups is 1. The molecule has 1 unspecified atom stereocenters. The smallest absolute Gasteiger partial charge is 0.105 e. The number of hydrogen-bond acceptors (Lipinski definition) is 2. The predicted molar refractivity (Wildman–Crippen MR) is 69.0 cm³/mol. The molecule has 0 saturated heterocycles. The topological polar surface area (TPSA) is 20.2 Å². The van der Waals surface area contributed by atoms with Crippen LogP contribution in [0.4, 0.5) is 0 Å². The molecular weight excluding hydrogens is 216 g/mol. The number of aliphatic hydroxyl groups excluding tert-OH is 1. The molecule has 1 aromatic carbocycles. The van der Waals surface area contributed by atoms with Gasteiger partial charge in [0.1, 0.15) is 6.10 Å². The van der Waals surface area contributed by atoms with E-state index in [2.05, 4.69) is 26.8 Å². The van der Waals surface area contributed by atoms with Gasteiger partial charge in [-0.1, -0.05) is 29.3 Å². The Labute approximate surface area is 100 Å². The van der Waals surface area contributed by atoms with Crippen molar-refractivity contribution in [3.63, 3.8) is 0 Å². The van der Waals surface area contributed by atoms with Crippen molar-refractivity contribution in [1.29, 1.82) is 0 Å². The molecule has 1 heterocycles. The van der Waals surface area contributed by atoms with Crippen LogP contribution in [-0.4, -0.2) is 5.11 Å². The molecule has 0 amide bonds. The van der Waals surface area contributed by atoms with Crippen LogP contribution in [0.25, 0.3) is 0 Å². The van der Waals surface area contributed by atoms with Crippen LogP contribution in [-0.2, 0) is 0 Å². The van der Waals surface area contributed by atoms with Crippen molar-refractivity contribution in [3.8, 4) is 0 Å². The second kappa shape index (κ2) is 4.40. The third-order valence-corrected chi connectivity index (χ3v) is 3.51. The highest BCUT2D eigenvalue weighted by atomic mass is 32.1. The lowest BCUT2D eigenvalue weighted by Crippen LogP contribution is -1.99. The first kappa shape index (κ1) is 11.4. The molecule has 1 aromatic heterocycles. The van der Waals surface area contributed by atoms with E-state index in [4.69, 9.17) is 0 Å². The van der Waals surface area contributed by atoms with Gasteiger partial charge in [-0.15, -0.1) is 11.3 Å². The van der Waals surface area contributed by atoms with E-state index >= 15 is 0 Å². The van der Waals surface area contributed by atoms with Crippen molar-refractivity contribution in [1.82, 2.24) is 0 Å². The van der Waals surface area contributed by atoms with Crippen LogP contribution in [0.15, 0.2) is 29.6 Å². The van der Waals surface area contributed by atoms with Crippen molar-refractivity contribution >= 4 is 11.3 Å². The second-order valence-electron chi connectivity index (χ2n) is 4.31. The number of benzene rings is 1. The van der Waals surface area contributed by atoms with Gasteiger partial charge in [0, 0.05) is 4.88 Å². The van der Waals surface area contributed by atoms with Crippen LogP contribution in [0.1, 0.15) is 33.2 Å². The number of thiophene rings is 1. The Bertz CT molecular complexity index is 479. The Morgan fingerprint density at radius 3 is 2.06 bits per heavy atom. The van der Waals surface area contributed by atoms with E-state index in [1.54, 1.807) is 11.3 Å². The second-order valence-corrected chi connectivity index (χ2v) is 5.43. The number of aryl methyl sites for hydroxylation is 3. The zero-order valence-corrected chi connectivity index (χ0v) is 10.6. The van der Waals surface area contributed by atoms with Crippen molar-refractivity contribution in [2.45, 2.75) is 26.9 Å². The number of rotatable bonds is 2. The van der Waals surface area contributed by atoms with Gasteiger partial charge in [-0.25, -0.2) is 0 Å². The Balaban J connectivity index is 2.37. The molecule has 1 atom stereocenters. The summed E-state index contributed by atoms with van der Waals surface area (Å²) in [6, 6.07) is 8.26. The van der Waals surface area contributed by atoms with Gasteiger partial charge >= 0.3 is 0 Å². The molecule has 0 aliphatic carbocycles. The number of hydrogen-bond donors (Lipinski definition) is 1. The van der Waals surface area contributed by atoms with Gasteiger partial charge in [-0.2, -0.15) is 0 Å². The van der Waals surface area contributed by atoms with Crippen LogP contribution in [0.5, 0.6) is 0 Å². The van der Waals surface area contributed by atoms with E-state index in [1.807, 2.05) is 23.6 Å². The molecule has 0 spiro atoms. The van der Waals surface area contributed by atoms with Gasteiger partial charge in [0.05, 0.1) is 0 Å². The summed E-state index contributed by atoms with van der Waals surface area (Å²) < 4.78 is 0. The SMILES string of the molecule is Cc1cc(C)cc(C(O)c2csc(C)c2)c1. The third kappa shape index (κ3) is 2.34. The third-order valence-electron chi connectivity index (χ3n) is 2.63. The normalized spacial score (nSPS) is 12.8.